The maximum absolute atomic E-state index is 4.66. The molecule has 4 nitrogen and oxygen atoms in total. The molecule has 1 aromatic carbocycles. The van der Waals surface area contributed by atoms with E-state index < -0.39 is 0 Å². The second kappa shape index (κ2) is 5.44. The van der Waals surface area contributed by atoms with Crippen molar-refractivity contribution in [1.29, 1.82) is 0 Å². The number of aromatic nitrogens is 3. The third kappa shape index (κ3) is 2.34. The largest absolute Gasteiger partial charge is 0.352 e. The highest BCUT2D eigenvalue weighted by atomic mass is 15.3. The van der Waals surface area contributed by atoms with E-state index in [0.29, 0.717) is 6.04 Å². The van der Waals surface area contributed by atoms with Crippen LogP contribution in [0.2, 0.25) is 0 Å². The van der Waals surface area contributed by atoms with Gasteiger partial charge >= 0.3 is 0 Å². The molecule has 1 unspecified atom stereocenters. The summed E-state index contributed by atoms with van der Waals surface area (Å²) in [4.78, 5) is 7.12. The minimum absolute atomic E-state index is 0.524. The molecule has 3 aromatic rings. The van der Waals surface area contributed by atoms with Gasteiger partial charge in [0.25, 0.3) is 0 Å². The minimum atomic E-state index is 0.524. The Morgan fingerprint density at radius 3 is 2.95 bits per heavy atom. The van der Waals surface area contributed by atoms with Gasteiger partial charge in [-0.2, -0.15) is 5.10 Å². The molecule has 22 heavy (non-hydrogen) atoms. The van der Waals surface area contributed by atoms with E-state index in [0.717, 1.165) is 30.0 Å². The number of hydrogen-bond acceptors (Lipinski definition) is 3. The van der Waals surface area contributed by atoms with Crippen molar-refractivity contribution in [2.75, 3.05) is 11.4 Å². The predicted octanol–water partition coefficient (Wildman–Crippen LogP) is 3.25. The summed E-state index contributed by atoms with van der Waals surface area (Å²) >= 11 is 0. The van der Waals surface area contributed by atoms with Gasteiger partial charge in [-0.25, -0.2) is 9.50 Å². The van der Waals surface area contributed by atoms with Crippen LogP contribution in [0, 0.1) is 6.92 Å². The van der Waals surface area contributed by atoms with Crippen LogP contribution in [0.3, 0.4) is 0 Å². The Bertz CT molecular complexity index is 778. The first-order chi connectivity index (χ1) is 10.8. The van der Waals surface area contributed by atoms with Gasteiger partial charge in [0.05, 0.1) is 5.69 Å². The van der Waals surface area contributed by atoms with Crippen LogP contribution in [0.15, 0.2) is 48.8 Å². The van der Waals surface area contributed by atoms with E-state index in [1.165, 1.54) is 18.4 Å². The molecule has 0 amide bonds. The van der Waals surface area contributed by atoms with Gasteiger partial charge in [0, 0.05) is 25.0 Å². The molecule has 3 heterocycles. The van der Waals surface area contributed by atoms with Gasteiger partial charge < -0.3 is 4.90 Å². The molecule has 2 aromatic heterocycles. The third-order valence-electron chi connectivity index (χ3n) is 4.46. The average Bonchev–Trinajstić information content (AvgIpc) is 3.13. The van der Waals surface area contributed by atoms with Crippen LogP contribution in [0.25, 0.3) is 5.52 Å². The molecular formula is C18H20N4. The third-order valence-corrected chi connectivity index (χ3v) is 4.46. The van der Waals surface area contributed by atoms with Gasteiger partial charge in [-0.1, -0.05) is 30.3 Å². The molecule has 1 atom stereocenters. The smallest absolute Gasteiger partial charge is 0.154 e. The molecule has 1 fully saturated rings. The number of benzene rings is 1. The summed E-state index contributed by atoms with van der Waals surface area (Å²) in [5.41, 5.74) is 3.55. The van der Waals surface area contributed by atoms with Crippen molar-refractivity contribution in [2.45, 2.75) is 32.2 Å². The maximum Gasteiger partial charge on any atom is 0.154 e. The summed E-state index contributed by atoms with van der Waals surface area (Å²) in [6, 6.07) is 13.4. The summed E-state index contributed by atoms with van der Waals surface area (Å²) in [6.07, 6.45) is 7.32. The van der Waals surface area contributed by atoms with Gasteiger partial charge in [-0.3, -0.25) is 0 Å². The number of fused-ring (bicyclic) bond motifs is 1. The van der Waals surface area contributed by atoms with Crippen molar-refractivity contribution < 1.29 is 0 Å². The Kier molecular flexibility index (Phi) is 3.29. The molecule has 112 valence electrons. The summed E-state index contributed by atoms with van der Waals surface area (Å²) in [6.45, 7) is 3.11. The number of aryl methyl sites for hydroxylation is 1. The SMILES string of the molecule is Cc1cc2c(N3CCCC3Cc3ccccc3)nccn2n1. The lowest BCUT2D eigenvalue weighted by atomic mass is 10.0. The molecule has 0 spiro atoms. The van der Waals surface area contributed by atoms with Crippen molar-refractivity contribution in [2.24, 2.45) is 0 Å². The lowest BCUT2D eigenvalue weighted by Crippen LogP contribution is -2.32. The van der Waals surface area contributed by atoms with E-state index in [1.807, 2.05) is 23.8 Å². The fraction of sp³-hybridized carbons (Fsp3) is 0.333. The first-order valence-corrected chi connectivity index (χ1v) is 7.93. The van der Waals surface area contributed by atoms with Gasteiger partial charge in [-0.15, -0.1) is 0 Å². The molecule has 1 aliphatic rings. The van der Waals surface area contributed by atoms with E-state index in [1.54, 1.807) is 0 Å². The van der Waals surface area contributed by atoms with E-state index in [2.05, 4.69) is 51.4 Å². The molecule has 0 radical (unpaired) electrons. The molecular weight excluding hydrogens is 272 g/mol. The molecule has 0 saturated carbocycles. The van der Waals surface area contributed by atoms with Gasteiger partial charge in [0.1, 0.15) is 5.52 Å². The lowest BCUT2D eigenvalue weighted by molar-refractivity contribution is 0.658. The first kappa shape index (κ1) is 13.3. The first-order valence-electron chi connectivity index (χ1n) is 7.93. The average molecular weight is 292 g/mol. The van der Waals surface area contributed by atoms with Gasteiger partial charge in [0.2, 0.25) is 0 Å². The van der Waals surface area contributed by atoms with E-state index in [4.69, 9.17) is 0 Å². The summed E-state index contributed by atoms with van der Waals surface area (Å²) in [5, 5.41) is 4.50. The Morgan fingerprint density at radius 1 is 1.23 bits per heavy atom. The van der Waals surface area contributed by atoms with Crippen molar-refractivity contribution >= 4 is 11.3 Å². The zero-order chi connectivity index (χ0) is 14.9. The van der Waals surface area contributed by atoms with Gasteiger partial charge in [0.15, 0.2) is 5.82 Å². The molecule has 1 saturated heterocycles. The quantitative estimate of drug-likeness (QED) is 0.743. The minimum Gasteiger partial charge on any atom is -0.352 e. The highest BCUT2D eigenvalue weighted by Crippen LogP contribution is 2.29. The number of anilines is 1. The summed E-state index contributed by atoms with van der Waals surface area (Å²) < 4.78 is 1.94. The van der Waals surface area contributed by atoms with E-state index >= 15 is 0 Å². The zero-order valence-corrected chi connectivity index (χ0v) is 12.8. The Balaban J connectivity index is 1.68. The summed E-state index contributed by atoms with van der Waals surface area (Å²) in [5.74, 6) is 1.07. The number of hydrogen-bond donors (Lipinski definition) is 0. The van der Waals surface area contributed by atoms with Gasteiger partial charge in [-0.05, 0) is 37.8 Å². The highest BCUT2D eigenvalue weighted by molar-refractivity contribution is 5.69. The van der Waals surface area contributed by atoms with Crippen LogP contribution in [0.1, 0.15) is 24.1 Å². The molecule has 0 N–H and O–H groups in total. The number of rotatable bonds is 3. The van der Waals surface area contributed by atoms with Crippen LogP contribution in [0.5, 0.6) is 0 Å². The number of nitrogens with zero attached hydrogens (tertiary/aromatic N) is 4. The van der Waals surface area contributed by atoms with Crippen molar-refractivity contribution in [3.05, 3.63) is 60.0 Å². The molecule has 0 bridgehead atoms. The lowest BCUT2D eigenvalue weighted by Gasteiger charge is -2.26. The maximum atomic E-state index is 4.66. The van der Waals surface area contributed by atoms with Crippen molar-refractivity contribution in [3.63, 3.8) is 0 Å². The summed E-state index contributed by atoms with van der Waals surface area (Å²) in [7, 11) is 0. The monoisotopic (exact) mass is 292 g/mol. The second-order valence-electron chi connectivity index (χ2n) is 6.05. The standard InChI is InChI=1S/C18H20N4/c1-14-12-17-18(19-9-11-22(17)20-14)21-10-5-8-16(21)13-15-6-3-2-4-7-15/h2-4,6-7,9,11-12,16H,5,8,10,13H2,1H3. The van der Waals surface area contributed by atoms with E-state index in [9.17, 15) is 0 Å². The van der Waals surface area contributed by atoms with Crippen LogP contribution in [-0.2, 0) is 6.42 Å². The van der Waals surface area contributed by atoms with Crippen molar-refractivity contribution in [3.8, 4) is 0 Å². The predicted molar refractivity (Wildman–Crippen MR) is 88.2 cm³/mol. The van der Waals surface area contributed by atoms with Crippen LogP contribution >= 0.6 is 0 Å². The van der Waals surface area contributed by atoms with Crippen LogP contribution in [-0.4, -0.2) is 27.2 Å². The zero-order valence-electron chi connectivity index (χ0n) is 12.8. The Hall–Kier alpha value is -2.36. The van der Waals surface area contributed by atoms with Crippen LogP contribution < -0.4 is 4.90 Å². The molecule has 4 rings (SSSR count). The highest BCUT2D eigenvalue weighted by Gasteiger charge is 2.27. The molecule has 0 aliphatic carbocycles. The van der Waals surface area contributed by atoms with Crippen LogP contribution in [0.4, 0.5) is 5.82 Å². The Morgan fingerprint density at radius 2 is 2.09 bits per heavy atom. The second-order valence-corrected chi connectivity index (χ2v) is 6.05. The Labute approximate surface area is 130 Å². The fourth-order valence-corrected chi connectivity index (χ4v) is 3.46. The van der Waals surface area contributed by atoms with Crippen molar-refractivity contribution in [1.82, 2.24) is 14.6 Å². The van der Waals surface area contributed by atoms with E-state index in [-0.39, 0.29) is 0 Å². The topological polar surface area (TPSA) is 33.4 Å². The molecule has 1 aliphatic heterocycles. The fourth-order valence-electron chi connectivity index (χ4n) is 3.46. The normalized spacial score (nSPS) is 18.2. The molecule has 4 heteroatoms.